The van der Waals surface area contributed by atoms with E-state index in [1.165, 1.54) is 6.42 Å². The van der Waals surface area contributed by atoms with Gasteiger partial charge in [0.05, 0.1) is 0 Å². The fourth-order valence-electron chi connectivity index (χ4n) is 1.55. The Hall–Kier alpha value is -0.770. The van der Waals surface area contributed by atoms with Crippen LogP contribution >= 0.6 is 0 Å². The second-order valence-corrected chi connectivity index (χ2v) is 3.68. The van der Waals surface area contributed by atoms with E-state index in [1.807, 2.05) is 0 Å². The first-order valence-electron chi connectivity index (χ1n) is 5.27. The van der Waals surface area contributed by atoms with Crippen molar-refractivity contribution in [2.75, 3.05) is 7.05 Å². The highest BCUT2D eigenvalue weighted by atomic mass is 16.7. The van der Waals surface area contributed by atoms with Gasteiger partial charge in [-0.25, -0.2) is 4.79 Å². The van der Waals surface area contributed by atoms with Crippen molar-refractivity contribution >= 4 is 6.16 Å². The molecule has 1 rings (SSSR count). The molecule has 0 aliphatic heterocycles. The van der Waals surface area contributed by atoms with Gasteiger partial charge >= 0.3 is 6.16 Å². The number of hydrogen-bond acceptors (Lipinski definition) is 4. The third-order valence-corrected chi connectivity index (χ3v) is 2.49. The molecular formula is C10H19NO3. The second kappa shape index (κ2) is 5.86. The van der Waals surface area contributed by atoms with Crippen LogP contribution in [0, 0.1) is 0 Å². The first kappa shape index (κ1) is 11.3. The van der Waals surface area contributed by atoms with Gasteiger partial charge in [0, 0.05) is 0 Å². The highest BCUT2D eigenvalue weighted by molar-refractivity contribution is 5.60. The van der Waals surface area contributed by atoms with Gasteiger partial charge in [-0.3, -0.25) is 5.32 Å². The molecule has 82 valence electrons. The summed E-state index contributed by atoms with van der Waals surface area (Å²) >= 11 is 0. The van der Waals surface area contributed by atoms with Crippen LogP contribution in [0.1, 0.15) is 39.0 Å². The average Bonchev–Trinajstić information content (AvgIpc) is 2.19. The smallest absolute Gasteiger partial charge is 0.431 e. The quantitative estimate of drug-likeness (QED) is 0.560. The lowest BCUT2D eigenvalue weighted by Crippen LogP contribution is -2.30. The standard InChI is InChI=1S/C10H19NO3/c1-8(11-2)13-10(12)14-9-6-4-3-5-7-9/h8-9,11H,3-7H2,1-2H3. The molecule has 1 unspecified atom stereocenters. The van der Waals surface area contributed by atoms with Crippen molar-refractivity contribution in [3.63, 3.8) is 0 Å². The van der Waals surface area contributed by atoms with Gasteiger partial charge in [-0.2, -0.15) is 0 Å². The van der Waals surface area contributed by atoms with Crippen molar-refractivity contribution in [3.8, 4) is 0 Å². The summed E-state index contributed by atoms with van der Waals surface area (Å²) in [5.74, 6) is 0. The maximum absolute atomic E-state index is 11.2. The minimum Gasteiger partial charge on any atom is -0.431 e. The third kappa shape index (κ3) is 3.96. The zero-order valence-corrected chi connectivity index (χ0v) is 8.91. The lowest BCUT2D eigenvalue weighted by atomic mass is 9.98. The number of hydrogen-bond donors (Lipinski definition) is 1. The van der Waals surface area contributed by atoms with Crippen LogP contribution in [-0.4, -0.2) is 25.5 Å². The Morgan fingerprint density at radius 1 is 1.36 bits per heavy atom. The Morgan fingerprint density at radius 2 is 2.00 bits per heavy atom. The van der Waals surface area contributed by atoms with Gasteiger partial charge in [0.1, 0.15) is 6.10 Å². The molecular weight excluding hydrogens is 182 g/mol. The predicted octanol–water partition coefficient (Wildman–Crippen LogP) is 2.04. The number of carbonyl (C=O) groups excluding carboxylic acids is 1. The Kier molecular flexibility index (Phi) is 4.73. The number of rotatable bonds is 3. The van der Waals surface area contributed by atoms with E-state index < -0.39 is 6.16 Å². The van der Waals surface area contributed by atoms with Crippen molar-refractivity contribution in [1.82, 2.24) is 5.32 Å². The molecule has 0 bridgehead atoms. The van der Waals surface area contributed by atoms with E-state index in [0.717, 1.165) is 25.7 Å². The molecule has 0 aromatic rings. The topological polar surface area (TPSA) is 47.6 Å². The van der Waals surface area contributed by atoms with Crippen LogP contribution in [0.4, 0.5) is 4.79 Å². The molecule has 1 saturated carbocycles. The van der Waals surface area contributed by atoms with Crippen molar-refractivity contribution in [3.05, 3.63) is 0 Å². The van der Waals surface area contributed by atoms with Gasteiger partial charge in [0.25, 0.3) is 0 Å². The summed E-state index contributed by atoms with van der Waals surface area (Å²) in [6, 6.07) is 0. The van der Waals surface area contributed by atoms with Gasteiger partial charge in [0.2, 0.25) is 0 Å². The monoisotopic (exact) mass is 201 g/mol. The summed E-state index contributed by atoms with van der Waals surface area (Å²) < 4.78 is 10.1. The molecule has 4 heteroatoms. The summed E-state index contributed by atoms with van der Waals surface area (Å²) in [6.45, 7) is 1.77. The molecule has 0 saturated heterocycles. The van der Waals surface area contributed by atoms with Crippen molar-refractivity contribution in [2.45, 2.75) is 51.4 Å². The van der Waals surface area contributed by atoms with Crippen molar-refractivity contribution in [2.24, 2.45) is 0 Å². The van der Waals surface area contributed by atoms with E-state index in [1.54, 1.807) is 14.0 Å². The number of ether oxygens (including phenoxy) is 2. The maximum Gasteiger partial charge on any atom is 0.510 e. The van der Waals surface area contributed by atoms with Gasteiger partial charge in [-0.05, 0) is 39.7 Å². The number of nitrogens with one attached hydrogen (secondary N) is 1. The molecule has 1 fully saturated rings. The van der Waals surface area contributed by atoms with Crippen molar-refractivity contribution < 1.29 is 14.3 Å². The summed E-state index contributed by atoms with van der Waals surface area (Å²) in [4.78, 5) is 11.2. The van der Waals surface area contributed by atoms with Gasteiger partial charge in [-0.1, -0.05) is 6.42 Å². The Bertz CT molecular complexity index is 178. The zero-order valence-electron chi connectivity index (χ0n) is 8.91. The minimum atomic E-state index is -0.557. The Balaban J connectivity index is 2.18. The maximum atomic E-state index is 11.2. The Morgan fingerprint density at radius 3 is 2.57 bits per heavy atom. The molecule has 0 radical (unpaired) electrons. The number of carbonyl (C=O) groups is 1. The molecule has 4 nitrogen and oxygen atoms in total. The Labute approximate surface area is 85.0 Å². The second-order valence-electron chi connectivity index (χ2n) is 3.68. The first-order valence-corrected chi connectivity index (χ1v) is 5.27. The van der Waals surface area contributed by atoms with Crippen LogP contribution in [0.25, 0.3) is 0 Å². The molecule has 1 aliphatic carbocycles. The highest BCUT2D eigenvalue weighted by Gasteiger charge is 2.19. The van der Waals surface area contributed by atoms with E-state index >= 15 is 0 Å². The van der Waals surface area contributed by atoms with Crippen LogP contribution in [0.3, 0.4) is 0 Å². The fraction of sp³-hybridized carbons (Fsp3) is 0.900. The van der Waals surface area contributed by atoms with Gasteiger partial charge in [0.15, 0.2) is 6.23 Å². The molecule has 0 aromatic carbocycles. The third-order valence-electron chi connectivity index (χ3n) is 2.49. The SMILES string of the molecule is CNC(C)OC(=O)OC1CCCCC1. The minimum absolute atomic E-state index is 0.0697. The molecule has 1 aliphatic rings. The summed E-state index contributed by atoms with van der Waals surface area (Å²) in [6.07, 6.45) is 4.73. The molecule has 0 spiro atoms. The molecule has 0 amide bonds. The van der Waals surface area contributed by atoms with Crippen molar-refractivity contribution in [1.29, 1.82) is 0 Å². The van der Waals surface area contributed by atoms with E-state index in [2.05, 4.69) is 5.32 Å². The van der Waals surface area contributed by atoms with E-state index in [-0.39, 0.29) is 12.3 Å². The van der Waals surface area contributed by atoms with E-state index in [0.29, 0.717) is 0 Å². The molecule has 14 heavy (non-hydrogen) atoms. The lowest BCUT2D eigenvalue weighted by Gasteiger charge is -2.22. The highest BCUT2D eigenvalue weighted by Crippen LogP contribution is 2.20. The van der Waals surface area contributed by atoms with E-state index in [4.69, 9.17) is 9.47 Å². The molecule has 1 N–H and O–H groups in total. The molecule has 0 aromatic heterocycles. The summed E-state index contributed by atoms with van der Waals surface area (Å²) in [7, 11) is 1.73. The average molecular weight is 201 g/mol. The predicted molar refractivity (Wildman–Crippen MR) is 53.0 cm³/mol. The normalized spacial score (nSPS) is 20.1. The zero-order chi connectivity index (χ0) is 10.4. The van der Waals surface area contributed by atoms with Crippen LogP contribution in [0.2, 0.25) is 0 Å². The van der Waals surface area contributed by atoms with Crippen LogP contribution < -0.4 is 5.32 Å². The largest absolute Gasteiger partial charge is 0.510 e. The first-order chi connectivity index (χ1) is 6.72. The van der Waals surface area contributed by atoms with Crippen LogP contribution in [0.15, 0.2) is 0 Å². The summed E-state index contributed by atoms with van der Waals surface area (Å²) in [5, 5.41) is 2.81. The molecule has 1 atom stereocenters. The molecule has 0 heterocycles. The van der Waals surface area contributed by atoms with E-state index in [9.17, 15) is 4.79 Å². The van der Waals surface area contributed by atoms with Crippen LogP contribution in [0.5, 0.6) is 0 Å². The van der Waals surface area contributed by atoms with Gasteiger partial charge < -0.3 is 9.47 Å². The van der Waals surface area contributed by atoms with Crippen LogP contribution in [-0.2, 0) is 9.47 Å². The summed E-state index contributed by atoms with van der Waals surface area (Å²) in [5.41, 5.74) is 0. The lowest BCUT2D eigenvalue weighted by molar-refractivity contribution is -0.0124. The fourth-order valence-corrected chi connectivity index (χ4v) is 1.55. The van der Waals surface area contributed by atoms with Gasteiger partial charge in [-0.15, -0.1) is 0 Å².